The van der Waals surface area contributed by atoms with Gasteiger partial charge < -0.3 is 0 Å². The zero-order valence-electron chi connectivity index (χ0n) is 9.47. The molecular weight excluding hydrogens is 216 g/mol. The summed E-state index contributed by atoms with van der Waals surface area (Å²) in [5.74, 6) is 0.971. The van der Waals surface area contributed by atoms with Crippen molar-refractivity contribution in [2.24, 2.45) is 11.8 Å². The Labute approximate surface area is 101 Å². The fraction of sp³-hybridized carbons (Fsp3) is 0.538. The van der Waals surface area contributed by atoms with E-state index in [-0.39, 0.29) is 5.92 Å². The van der Waals surface area contributed by atoms with E-state index >= 15 is 0 Å². The minimum absolute atomic E-state index is 0.217. The molecule has 84 valence electrons. The minimum Gasteiger partial charge on any atom is -0.265 e. The van der Waals surface area contributed by atoms with Gasteiger partial charge >= 0.3 is 0 Å². The van der Waals surface area contributed by atoms with Crippen LogP contribution in [0.15, 0.2) is 29.4 Å². The van der Waals surface area contributed by atoms with Crippen LogP contribution in [0.25, 0.3) is 0 Å². The van der Waals surface area contributed by atoms with Crippen molar-refractivity contribution in [3.8, 4) is 6.07 Å². The van der Waals surface area contributed by atoms with Gasteiger partial charge in [-0.1, -0.05) is 6.92 Å². The summed E-state index contributed by atoms with van der Waals surface area (Å²) in [5, 5.41) is 9.60. The van der Waals surface area contributed by atoms with E-state index in [1.807, 2.05) is 36.3 Å². The van der Waals surface area contributed by atoms with Crippen LogP contribution < -0.4 is 0 Å². The van der Waals surface area contributed by atoms with E-state index in [0.29, 0.717) is 5.25 Å². The third-order valence-corrected chi connectivity index (χ3v) is 4.53. The summed E-state index contributed by atoms with van der Waals surface area (Å²) in [6.45, 7) is 2.29. The molecule has 0 aliphatic heterocycles. The smallest absolute Gasteiger partial charge is 0.0667 e. The second-order valence-electron chi connectivity index (χ2n) is 4.49. The molecule has 1 aromatic heterocycles. The van der Waals surface area contributed by atoms with Crippen LogP contribution >= 0.6 is 11.8 Å². The second kappa shape index (κ2) is 5.36. The molecule has 1 aliphatic rings. The number of rotatable bonds is 2. The number of hydrogen-bond donors (Lipinski definition) is 0. The van der Waals surface area contributed by atoms with Crippen LogP contribution in [0.4, 0.5) is 0 Å². The Hall–Kier alpha value is -1.01. The number of hydrogen-bond acceptors (Lipinski definition) is 3. The zero-order valence-corrected chi connectivity index (χ0v) is 10.3. The minimum atomic E-state index is 0.217. The molecule has 3 heteroatoms. The highest BCUT2D eigenvalue weighted by molar-refractivity contribution is 8.00. The van der Waals surface area contributed by atoms with Gasteiger partial charge in [0.2, 0.25) is 0 Å². The molecule has 1 heterocycles. The van der Waals surface area contributed by atoms with E-state index < -0.39 is 0 Å². The highest BCUT2D eigenvalue weighted by Crippen LogP contribution is 2.39. The standard InChI is InChI=1S/C13H16N2S/c1-10-2-3-11(9-14)13(8-10)16-12-4-6-15-7-5-12/h4-7,10-11,13H,2-3,8H2,1H3. The molecule has 0 radical (unpaired) electrons. The third-order valence-electron chi connectivity index (χ3n) is 3.16. The SMILES string of the molecule is CC1CCC(C#N)C(Sc2ccncc2)C1. The predicted octanol–water partition coefficient (Wildman–Crippen LogP) is 3.50. The van der Waals surface area contributed by atoms with Crippen molar-refractivity contribution in [2.75, 3.05) is 0 Å². The van der Waals surface area contributed by atoms with Crippen molar-refractivity contribution in [2.45, 2.75) is 36.3 Å². The molecule has 1 aliphatic carbocycles. The fourth-order valence-electron chi connectivity index (χ4n) is 2.20. The molecule has 0 bridgehead atoms. The highest BCUT2D eigenvalue weighted by Gasteiger charge is 2.29. The molecule has 16 heavy (non-hydrogen) atoms. The quantitative estimate of drug-likeness (QED) is 0.783. The summed E-state index contributed by atoms with van der Waals surface area (Å²) in [7, 11) is 0. The van der Waals surface area contributed by atoms with Crippen molar-refractivity contribution in [1.29, 1.82) is 5.26 Å². The Bertz CT molecular complexity index is 371. The molecule has 0 saturated heterocycles. The molecule has 0 amide bonds. The van der Waals surface area contributed by atoms with Crippen LogP contribution in [-0.4, -0.2) is 10.2 Å². The van der Waals surface area contributed by atoms with Crippen molar-refractivity contribution in [1.82, 2.24) is 4.98 Å². The molecule has 3 unspecified atom stereocenters. The van der Waals surface area contributed by atoms with E-state index in [1.54, 1.807) is 0 Å². The molecule has 0 N–H and O–H groups in total. The summed E-state index contributed by atoms with van der Waals surface area (Å²) in [5.41, 5.74) is 0. The lowest BCUT2D eigenvalue weighted by molar-refractivity contribution is 0.346. The van der Waals surface area contributed by atoms with Gasteiger partial charge in [0.15, 0.2) is 0 Å². The van der Waals surface area contributed by atoms with Gasteiger partial charge in [0, 0.05) is 22.5 Å². The van der Waals surface area contributed by atoms with Crippen LogP contribution in [0, 0.1) is 23.2 Å². The van der Waals surface area contributed by atoms with Crippen molar-refractivity contribution < 1.29 is 0 Å². The maximum absolute atomic E-state index is 9.15. The number of aromatic nitrogens is 1. The Kier molecular flexibility index (Phi) is 3.84. The van der Waals surface area contributed by atoms with Gasteiger partial charge in [0.25, 0.3) is 0 Å². The lowest BCUT2D eigenvalue weighted by Gasteiger charge is -2.30. The highest BCUT2D eigenvalue weighted by atomic mass is 32.2. The summed E-state index contributed by atoms with van der Waals surface area (Å²) in [6, 6.07) is 6.51. The fourth-order valence-corrected chi connectivity index (χ4v) is 3.61. The lowest BCUT2D eigenvalue weighted by atomic mass is 9.83. The van der Waals surface area contributed by atoms with Crippen LogP contribution in [0.5, 0.6) is 0 Å². The van der Waals surface area contributed by atoms with Crippen molar-refractivity contribution >= 4 is 11.8 Å². The maximum Gasteiger partial charge on any atom is 0.0667 e. The van der Waals surface area contributed by atoms with Gasteiger partial charge in [-0.05, 0) is 37.3 Å². The van der Waals surface area contributed by atoms with Gasteiger partial charge in [0.1, 0.15) is 0 Å². The Morgan fingerprint density at radius 1 is 1.38 bits per heavy atom. The van der Waals surface area contributed by atoms with Crippen LogP contribution in [0.3, 0.4) is 0 Å². The Morgan fingerprint density at radius 3 is 2.81 bits per heavy atom. The molecule has 1 fully saturated rings. The largest absolute Gasteiger partial charge is 0.265 e. The first-order valence-electron chi connectivity index (χ1n) is 5.76. The van der Waals surface area contributed by atoms with Gasteiger partial charge in [-0.3, -0.25) is 4.98 Å². The molecule has 1 saturated carbocycles. The average Bonchev–Trinajstić information content (AvgIpc) is 2.31. The number of nitrogens with zero attached hydrogens (tertiary/aromatic N) is 2. The number of thioether (sulfide) groups is 1. The predicted molar refractivity (Wildman–Crippen MR) is 66.0 cm³/mol. The number of nitriles is 1. The van der Waals surface area contributed by atoms with Crippen molar-refractivity contribution in [3.05, 3.63) is 24.5 Å². The van der Waals surface area contributed by atoms with Crippen LogP contribution in [0.1, 0.15) is 26.2 Å². The van der Waals surface area contributed by atoms with E-state index in [1.165, 1.54) is 11.3 Å². The molecule has 0 spiro atoms. The first-order chi connectivity index (χ1) is 7.79. The molecule has 0 aromatic carbocycles. The number of pyridine rings is 1. The summed E-state index contributed by atoms with van der Waals surface area (Å²) < 4.78 is 0. The first kappa shape index (κ1) is 11.5. The van der Waals surface area contributed by atoms with Gasteiger partial charge in [-0.2, -0.15) is 5.26 Å². The molecule has 3 atom stereocenters. The zero-order chi connectivity index (χ0) is 11.4. The Morgan fingerprint density at radius 2 is 2.12 bits per heavy atom. The van der Waals surface area contributed by atoms with Gasteiger partial charge in [-0.25, -0.2) is 0 Å². The van der Waals surface area contributed by atoms with E-state index in [2.05, 4.69) is 18.0 Å². The summed E-state index contributed by atoms with van der Waals surface area (Å²) >= 11 is 1.84. The van der Waals surface area contributed by atoms with Crippen LogP contribution in [-0.2, 0) is 0 Å². The van der Waals surface area contributed by atoms with E-state index in [0.717, 1.165) is 18.8 Å². The topological polar surface area (TPSA) is 36.7 Å². The third kappa shape index (κ3) is 2.76. The van der Waals surface area contributed by atoms with Gasteiger partial charge in [-0.15, -0.1) is 11.8 Å². The van der Waals surface area contributed by atoms with Crippen molar-refractivity contribution in [3.63, 3.8) is 0 Å². The molecule has 2 rings (SSSR count). The second-order valence-corrected chi connectivity index (χ2v) is 5.81. The molecule has 1 aromatic rings. The van der Waals surface area contributed by atoms with Gasteiger partial charge in [0.05, 0.1) is 12.0 Å². The Balaban J connectivity index is 2.04. The van der Waals surface area contributed by atoms with E-state index in [4.69, 9.17) is 5.26 Å². The van der Waals surface area contributed by atoms with E-state index in [9.17, 15) is 0 Å². The monoisotopic (exact) mass is 232 g/mol. The summed E-state index contributed by atoms with van der Waals surface area (Å²) in [6.07, 6.45) is 7.04. The normalized spacial score (nSPS) is 29.6. The maximum atomic E-state index is 9.15. The molecular formula is C13H16N2S. The average molecular weight is 232 g/mol. The lowest BCUT2D eigenvalue weighted by Crippen LogP contribution is -2.24. The van der Waals surface area contributed by atoms with Crippen LogP contribution in [0.2, 0.25) is 0 Å². The summed E-state index contributed by atoms with van der Waals surface area (Å²) in [4.78, 5) is 5.25. The molecule has 2 nitrogen and oxygen atoms in total. The first-order valence-corrected chi connectivity index (χ1v) is 6.64.